The van der Waals surface area contributed by atoms with Crippen LogP contribution in [0.3, 0.4) is 0 Å². The van der Waals surface area contributed by atoms with Gasteiger partial charge in [-0.1, -0.05) is 23.6 Å². The normalized spacial score (nSPS) is 11.4. The summed E-state index contributed by atoms with van der Waals surface area (Å²) in [5.74, 6) is 4.81. The van der Waals surface area contributed by atoms with Crippen molar-refractivity contribution in [3.05, 3.63) is 41.6 Å². The van der Waals surface area contributed by atoms with Gasteiger partial charge in [-0.3, -0.25) is 4.31 Å². The van der Waals surface area contributed by atoms with Crippen molar-refractivity contribution in [3.8, 4) is 11.8 Å². The van der Waals surface area contributed by atoms with Gasteiger partial charge < -0.3 is 4.74 Å². The van der Waals surface area contributed by atoms with Gasteiger partial charge in [0.25, 0.3) is 10.0 Å². The maximum atomic E-state index is 12.8. The number of sulfonamides is 1. The van der Waals surface area contributed by atoms with Crippen LogP contribution >= 0.6 is 0 Å². The van der Waals surface area contributed by atoms with Crippen LogP contribution in [0, 0.1) is 18.8 Å². The van der Waals surface area contributed by atoms with Gasteiger partial charge in [0.15, 0.2) is 0 Å². The van der Waals surface area contributed by atoms with Crippen LogP contribution in [-0.2, 0) is 19.6 Å². The smallest absolute Gasteiger partial charge is 0.332 e. The molecule has 0 amide bonds. The fourth-order valence-electron chi connectivity index (χ4n) is 1.81. The van der Waals surface area contributed by atoms with Crippen molar-refractivity contribution in [2.75, 3.05) is 13.2 Å². The Morgan fingerprint density at radius 3 is 2.43 bits per heavy atom. The van der Waals surface area contributed by atoms with E-state index in [9.17, 15) is 13.2 Å². The monoisotopic (exact) mass is 335 g/mol. The molecule has 0 saturated carbocycles. The van der Waals surface area contributed by atoms with Crippen molar-refractivity contribution in [2.24, 2.45) is 0 Å². The Kier molecular flexibility index (Phi) is 6.86. The Balaban J connectivity index is 3.25. The Hall–Kier alpha value is -2.26. The van der Waals surface area contributed by atoms with Crippen molar-refractivity contribution < 1.29 is 17.9 Å². The first kappa shape index (κ1) is 18.8. The highest BCUT2D eigenvalue weighted by Gasteiger charge is 2.24. The first-order chi connectivity index (χ1) is 10.8. The van der Waals surface area contributed by atoms with E-state index >= 15 is 0 Å². The van der Waals surface area contributed by atoms with Crippen molar-refractivity contribution in [2.45, 2.75) is 32.6 Å². The molecule has 1 aromatic carbocycles. The van der Waals surface area contributed by atoms with Gasteiger partial charge in [-0.2, -0.15) is 0 Å². The highest BCUT2D eigenvalue weighted by molar-refractivity contribution is 7.89. The number of esters is 1. The van der Waals surface area contributed by atoms with Gasteiger partial charge in [-0.05, 0) is 39.8 Å². The number of nitrogens with zero attached hydrogens (tertiary/aromatic N) is 1. The molecular formula is C17H21NO4S. The molecule has 0 saturated heterocycles. The molecule has 0 aliphatic carbocycles. The van der Waals surface area contributed by atoms with Gasteiger partial charge in [-0.25, -0.2) is 13.2 Å². The molecule has 0 aliphatic rings. The predicted molar refractivity (Wildman–Crippen MR) is 88.9 cm³/mol. The van der Waals surface area contributed by atoms with Gasteiger partial charge in [0.05, 0.1) is 18.0 Å². The number of carbonyl (C=O) groups is 1. The molecule has 23 heavy (non-hydrogen) atoms. The Labute approximate surface area is 138 Å². The quantitative estimate of drug-likeness (QED) is 0.455. The summed E-state index contributed by atoms with van der Waals surface area (Å²) in [6, 6.07) is 6.52. The van der Waals surface area contributed by atoms with Crippen LogP contribution in [0.5, 0.6) is 0 Å². The average Bonchev–Trinajstić information content (AvgIpc) is 2.48. The number of carbonyl (C=O) groups excluding carboxylic acids is 1. The predicted octanol–water partition coefficient (Wildman–Crippen LogP) is 2.48. The van der Waals surface area contributed by atoms with E-state index in [2.05, 4.69) is 11.8 Å². The van der Waals surface area contributed by atoms with Gasteiger partial charge in [0, 0.05) is 11.8 Å². The van der Waals surface area contributed by atoms with Gasteiger partial charge in [0.2, 0.25) is 0 Å². The van der Waals surface area contributed by atoms with Crippen LogP contribution in [0.25, 0.3) is 0 Å². The number of aryl methyl sites for hydroxylation is 1. The molecular weight excluding hydrogens is 314 g/mol. The second kappa shape index (κ2) is 8.39. The second-order valence-electron chi connectivity index (χ2n) is 4.79. The lowest BCUT2D eigenvalue weighted by Gasteiger charge is -2.22. The topological polar surface area (TPSA) is 63.7 Å². The molecule has 1 rings (SSSR count). The van der Waals surface area contributed by atoms with Crippen LogP contribution in [0.4, 0.5) is 0 Å². The highest BCUT2D eigenvalue weighted by Crippen LogP contribution is 2.20. The van der Waals surface area contributed by atoms with Crippen LogP contribution in [0.2, 0.25) is 0 Å². The highest BCUT2D eigenvalue weighted by atomic mass is 32.2. The lowest BCUT2D eigenvalue weighted by Crippen LogP contribution is -2.30. The molecule has 1 aromatic rings. The van der Waals surface area contributed by atoms with E-state index in [4.69, 9.17) is 4.74 Å². The van der Waals surface area contributed by atoms with Gasteiger partial charge in [0.1, 0.15) is 0 Å². The summed E-state index contributed by atoms with van der Waals surface area (Å²) in [6.45, 7) is 6.92. The van der Waals surface area contributed by atoms with Crippen LogP contribution in [0.1, 0.15) is 26.3 Å². The van der Waals surface area contributed by atoms with E-state index in [1.54, 1.807) is 32.9 Å². The number of ether oxygens (including phenoxy) is 1. The first-order valence-electron chi connectivity index (χ1n) is 7.17. The standard InChI is InChI=1S/C17H21NO4S/c1-5-7-12-18(15(4)13-17(19)22-6-2)23(20,21)16-10-8-14(3)9-11-16/h8-11,13H,6,12H2,1-4H3/b15-13+. The zero-order valence-corrected chi connectivity index (χ0v) is 14.6. The summed E-state index contributed by atoms with van der Waals surface area (Å²) in [5.41, 5.74) is 1.22. The lowest BCUT2D eigenvalue weighted by molar-refractivity contribution is -0.137. The minimum atomic E-state index is -3.80. The SMILES string of the molecule is CC#CCN(/C(C)=C/C(=O)OCC)S(=O)(=O)c1ccc(C)cc1. The number of hydrogen-bond donors (Lipinski definition) is 0. The fourth-order valence-corrected chi connectivity index (χ4v) is 3.21. The molecule has 0 atom stereocenters. The maximum absolute atomic E-state index is 12.8. The zero-order chi connectivity index (χ0) is 17.5. The van der Waals surface area contributed by atoms with Crippen molar-refractivity contribution >= 4 is 16.0 Å². The van der Waals surface area contributed by atoms with Crippen molar-refractivity contribution in [1.29, 1.82) is 0 Å². The molecule has 6 heteroatoms. The molecule has 0 fully saturated rings. The van der Waals surface area contributed by atoms with Crippen LogP contribution < -0.4 is 0 Å². The average molecular weight is 335 g/mol. The largest absolute Gasteiger partial charge is 0.463 e. The molecule has 124 valence electrons. The summed E-state index contributed by atoms with van der Waals surface area (Å²) >= 11 is 0. The number of rotatable bonds is 6. The summed E-state index contributed by atoms with van der Waals surface area (Å²) in [7, 11) is -3.80. The lowest BCUT2D eigenvalue weighted by atomic mass is 10.2. The molecule has 0 unspecified atom stereocenters. The van der Waals surface area contributed by atoms with E-state index in [-0.39, 0.29) is 23.7 Å². The Morgan fingerprint density at radius 1 is 1.30 bits per heavy atom. The van der Waals surface area contributed by atoms with E-state index in [0.717, 1.165) is 15.9 Å². The molecule has 0 N–H and O–H groups in total. The van der Waals surface area contributed by atoms with Crippen molar-refractivity contribution in [1.82, 2.24) is 4.31 Å². The molecule has 0 heterocycles. The summed E-state index contributed by atoms with van der Waals surface area (Å²) < 4.78 is 31.5. The summed E-state index contributed by atoms with van der Waals surface area (Å²) in [6.07, 6.45) is 1.16. The summed E-state index contributed by atoms with van der Waals surface area (Å²) in [4.78, 5) is 11.7. The Bertz CT molecular complexity index is 737. The number of benzene rings is 1. The van der Waals surface area contributed by atoms with Gasteiger partial charge in [-0.15, -0.1) is 5.92 Å². The van der Waals surface area contributed by atoms with E-state index in [1.807, 2.05) is 6.92 Å². The fraction of sp³-hybridized carbons (Fsp3) is 0.353. The number of hydrogen-bond acceptors (Lipinski definition) is 4. The van der Waals surface area contributed by atoms with Crippen molar-refractivity contribution in [3.63, 3.8) is 0 Å². The molecule has 0 aromatic heterocycles. The summed E-state index contributed by atoms with van der Waals surface area (Å²) in [5, 5.41) is 0. The third kappa shape index (κ3) is 5.15. The van der Waals surface area contributed by atoms with E-state index in [0.29, 0.717) is 0 Å². The van der Waals surface area contributed by atoms with E-state index in [1.165, 1.54) is 12.1 Å². The molecule has 0 spiro atoms. The Morgan fingerprint density at radius 2 is 1.91 bits per heavy atom. The molecule has 0 radical (unpaired) electrons. The number of allylic oxidation sites excluding steroid dienone is 1. The van der Waals surface area contributed by atoms with Crippen LogP contribution in [-0.4, -0.2) is 31.8 Å². The molecule has 5 nitrogen and oxygen atoms in total. The zero-order valence-electron chi connectivity index (χ0n) is 13.8. The first-order valence-corrected chi connectivity index (χ1v) is 8.61. The maximum Gasteiger partial charge on any atom is 0.332 e. The third-order valence-corrected chi connectivity index (χ3v) is 4.88. The van der Waals surface area contributed by atoms with Crippen LogP contribution in [0.15, 0.2) is 40.9 Å². The second-order valence-corrected chi connectivity index (χ2v) is 6.65. The molecule has 0 aliphatic heterocycles. The molecule has 0 bridgehead atoms. The third-order valence-electron chi connectivity index (χ3n) is 3.02. The minimum Gasteiger partial charge on any atom is -0.463 e. The van der Waals surface area contributed by atoms with E-state index < -0.39 is 16.0 Å². The minimum absolute atomic E-state index is 0.0333. The van der Waals surface area contributed by atoms with Gasteiger partial charge >= 0.3 is 5.97 Å².